The van der Waals surface area contributed by atoms with Crippen molar-refractivity contribution in [1.29, 1.82) is 0 Å². The lowest BCUT2D eigenvalue weighted by Crippen LogP contribution is -2.45. The summed E-state index contributed by atoms with van der Waals surface area (Å²) >= 11 is 0. The van der Waals surface area contributed by atoms with E-state index in [1.165, 1.54) is 0 Å². The second kappa shape index (κ2) is 2.12. The van der Waals surface area contributed by atoms with E-state index < -0.39 is 18.1 Å². The number of halogens is 3. The molecule has 0 aromatic heterocycles. The summed E-state index contributed by atoms with van der Waals surface area (Å²) in [5.74, 6) is -3.19. The molecular formula is C6H10F3N. The molecule has 1 fully saturated rings. The van der Waals surface area contributed by atoms with Crippen LogP contribution in [0.5, 0.6) is 0 Å². The van der Waals surface area contributed by atoms with Gasteiger partial charge in [-0.15, -0.1) is 0 Å². The Morgan fingerprint density at radius 3 is 2.00 bits per heavy atom. The van der Waals surface area contributed by atoms with Gasteiger partial charge in [0, 0.05) is 13.0 Å². The van der Waals surface area contributed by atoms with Crippen LogP contribution in [-0.4, -0.2) is 18.1 Å². The second-order valence-corrected chi connectivity index (χ2v) is 2.73. The Morgan fingerprint density at radius 1 is 1.20 bits per heavy atom. The summed E-state index contributed by atoms with van der Waals surface area (Å²) in [6.07, 6.45) is -0.224. The van der Waals surface area contributed by atoms with Gasteiger partial charge in [0.05, 0.1) is 0 Å². The summed E-state index contributed by atoms with van der Waals surface area (Å²) in [7, 11) is 0. The molecule has 0 heterocycles. The topological polar surface area (TPSA) is 26.0 Å². The number of rotatable bonds is 1. The van der Waals surface area contributed by atoms with Crippen molar-refractivity contribution in [3.05, 3.63) is 0 Å². The van der Waals surface area contributed by atoms with E-state index in [1.807, 2.05) is 0 Å². The van der Waals surface area contributed by atoms with Crippen LogP contribution in [0, 0.1) is 0 Å². The Balaban J connectivity index is 2.76. The molecule has 10 heavy (non-hydrogen) atoms. The summed E-state index contributed by atoms with van der Waals surface area (Å²) in [5, 5.41) is 0. The van der Waals surface area contributed by atoms with Crippen molar-refractivity contribution >= 4 is 0 Å². The maximum absolute atomic E-state index is 12.9. The highest BCUT2D eigenvalue weighted by atomic mass is 19.3. The van der Waals surface area contributed by atoms with Gasteiger partial charge < -0.3 is 5.73 Å². The lowest BCUT2D eigenvalue weighted by molar-refractivity contribution is -0.109. The fourth-order valence-corrected chi connectivity index (χ4v) is 1.25. The van der Waals surface area contributed by atoms with E-state index in [1.54, 1.807) is 0 Å². The SMILES string of the molecule is NCC1(F)CCCC1(F)F. The van der Waals surface area contributed by atoms with E-state index in [4.69, 9.17) is 5.73 Å². The lowest BCUT2D eigenvalue weighted by atomic mass is 10.0. The third kappa shape index (κ3) is 0.905. The predicted octanol–water partition coefficient (Wildman–Crippen LogP) is 1.47. The van der Waals surface area contributed by atoms with Gasteiger partial charge in [0.25, 0.3) is 5.92 Å². The molecule has 0 amide bonds. The third-order valence-corrected chi connectivity index (χ3v) is 2.04. The number of alkyl halides is 3. The second-order valence-electron chi connectivity index (χ2n) is 2.73. The maximum Gasteiger partial charge on any atom is 0.282 e. The van der Waals surface area contributed by atoms with Crippen molar-refractivity contribution in [2.24, 2.45) is 5.73 Å². The summed E-state index contributed by atoms with van der Waals surface area (Å²) in [4.78, 5) is 0. The Labute approximate surface area is 57.4 Å². The quantitative estimate of drug-likeness (QED) is 0.606. The molecule has 1 nitrogen and oxygen atoms in total. The monoisotopic (exact) mass is 153 g/mol. The average molecular weight is 153 g/mol. The van der Waals surface area contributed by atoms with E-state index in [0.717, 1.165) is 0 Å². The molecule has 60 valence electrons. The smallest absolute Gasteiger partial charge is 0.282 e. The van der Waals surface area contributed by atoms with E-state index in [2.05, 4.69) is 0 Å². The van der Waals surface area contributed by atoms with Gasteiger partial charge in [-0.3, -0.25) is 0 Å². The zero-order chi connectivity index (χ0) is 7.83. The molecule has 1 unspecified atom stereocenters. The first-order chi connectivity index (χ1) is 4.52. The highest BCUT2D eigenvalue weighted by molar-refractivity contribution is 4.99. The first-order valence-corrected chi connectivity index (χ1v) is 3.29. The Morgan fingerprint density at radius 2 is 1.80 bits per heavy atom. The van der Waals surface area contributed by atoms with Gasteiger partial charge in [-0.2, -0.15) is 0 Å². The van der Waals surface area contributed by atoms with Crippen molar-refractivity contribution in [2.45, 2.75) is 30.9 Å². The van der Waals surface area contributed by atoms with Crippen molar-refractivity contribution in [2.75, 3.05) is 6.54 Å². The minimum atomic E-state index is -3.19. The molecule has 4 heteroatoms. The third-order valence-electron chi connectivity index (χ3n) is 2.04. The molecule has 0 aromatic carbocycles. The van der Waals surface area contributed by atoms with E-state index in [9.17, 15) is 13.2 Å². The highest BCUT2D eigenvalue weighted by Gasteiger charge is 2.57. The zero-order valence-electron chi connectivity index (χ0n) is 5.54. The molecular weight excluding hydrogens is 143 g/mol. The van der Waals surface area contributed by atoms with Crippen LogP contribution >= 0.6 is 0 Å². The summed E-state index contributed by atoms with van der Waals surface area (Å²) in [6, 6.07) is 0. The van der Waals surface area contributed by atoms with Crippen LogP contribution < -0.4 is 5.73 Å². The van der Waals surface area contributed by atoms with Crippen LogP contribution in [-0.2, 0) is 0 Å². The molecule has 1 atom stereocenters. The average Bonchev–Trinajstić information content (AvgIpc) is 2.10. The molecule has 1 rings (SSSR count). The fraction of sp³-hybridized carbons (Fsp3) is 1.00. The van der Waals surface area contributed by atoms with Crippen LogP contribution in [0.1, 0.15) is 19.3 Å². The first kappa shape index (κ1) is 7.85. The Kier molecular flexibility index (Phi) is 1.66. The Hall–Kier alpha value is -0.250. The van der Waals surface area contributed by atoms with E-state index >= 15 is 0 Å². The minimum absolute atomic E-state index is 0.101. The molecule has 0 aromatic rings. The number of hydrogen-bond donors (Lipinski definition) is 1. The molecule has 0 radical (unpaired) electrons. The molecule has 0 saturated heterocycles. The summed E-state index contributed by atoms with van der Waals surface area (Å²) < 4.78 is 38.0. The van der Waals surface area contributed by atoms with Crippen LogP contribution in [0.2, 0.25) is 0 Å². The first-order valence-electron chi connectivity index (χ1n) is 3.29. The van der Waals surface area contributed by atoms with Crippen LogP contribution in [0.4, 0.5) is 13.2 Å². The van der Waals surface area contributed by atoms with Crippen molar-refractivity contribution in [1.82, 2.24) is 0 Å². The normalized spacial score (nSPS) is 38.4. The van der Waals surface area contributed by atoms with Gasteiger partial charge in [0.1, 0.15) is 0 Å². The predicted molar refractivity (Wildman–Crippen MR) is 31.7 cm³/mol. The number of nitrogens with two attached hydrogens (primary N) is 1. The fourth-order valence-electron chi connectivity index (χ4n) is 1.25. The maximum atomic E-state index is 12.9. The zero-order valence-corrected chi connectivity index (χ0v) is 5.54. The van der Waals surface area contributed by atoms with Gasteiger partial charge in [-0.05, 0) is 12.8 Å². The van der Waals surface area contributed by atoms with Crippen LogP contribution in [0.3, 0.4) is 0 Å². The van der Waals surface area contributed by atoms with Gasteiger partial charge in [-0.25, -0.2) is 13.2 Å². The number of hydrogen-bond acceptors (Lipinski definition) is 1. The van der Waals surface area contributed by atoms with Crippen molar-refractivity contribution in [3.63, 3.8) is 0 Å². The van der Waals surface area contributed by atoms with Crippen LogP contribution in [0.15, 0.2) is 0 Å². The van der Waals surface area contributed by atoms with Gasteiger partial charge in [0.15, 0.2) is 5.67 Å². The van der Waals surface area contributed by atoms with Gasteiger partial charge in [0.2, 0.25) is 0 Å². The van der Waals surface area contributed by atoms with Gasteiger partial charge in [-0.1, -0.05) is 0 Å². The summed E-state index contributed by atoms with van der Waals surface area (Å²) in [6.45, 7) is -0.569. The molecule has 0 aliphatic heterocycles. The molecule has 1 aliphatic rings. The molecule has 0 spiro atoms. The van der Waals surface area contributed by atoms with E-state index in [-0.39, 0.29) is 19.3 Å². The standard InChI is InChI=1S/C6H10F3N/c7-5(4-10)2-1-3-6(5,8)9/h1-4,10H2. The van der Waals surface area contributed by atoms with E-state index in [0.29, 0.717) is 0 Å². The van der Waals surface area contributed by atoms with Gasteiger partial charge >= 0.3 is 0 Å². The largest absolute Gasteiger partial charge is 0.327 e. The van der Waals surface area contributed by atoms with Crippen molar-refractivity contribution in [3.8, 4) is 0 Å². The molecule has 0 bridgehead atoms. The molecule has 2 N–H and O–H groups in total. The Bertz CT molecular complexity index is 137. The summed E-state index contributed by atoms with van der Waals surface area (Å²) in [5.41, 5.74) is 2.47. The van der Waals surface area contributed by atoms with Crippen molar-refractivity contribution < 1.29 is 13.2 Å². The highest BCUT2D eigenvalue weighted by Crippen LogP contribution is 2.45. The van der Waals surface area contributed by atoms with Crippen LogP contribution in [0.25, 0.3) is 0 Å². The molecule has 1 aliphatic carbocycles. The minimum Gasteiger partial charge on any atom is -0.327 e. The lowest BCUT2D eigenvalue weighted by Gasteiger charge is -2.24. The molecule has 1 saturated carbocycles.